The van der Waals surface area contributed by atoms with Gasteiger partial charge in [0.15, 0.2) is 0 Å². The van der Waals surface area contributed by atoms with Crippen LogP contribution in [0.3, 0.4) is 0 Å². The molecule has 0 aliphatic heterocycles. The summed E-state index contributed by atoms with van der Waals surface area (Å²) in [5.74, 6) is 0.796. The minimum Gasteiger partial charge on any atom is -0.481 e. The van der Waals surface area contributed by atoms with Crippen molar-refractivity contribution >= 4 is 17.6 Å². The maximum absolute atomic E-state index is 12.1. The van der Waals surface area contributed by atoms with Crippen LogP contribution in [0.2, 0.25) is 0 Å². The molecule has 3 N–H and O–H groups in total. The number of pyridine rings is 1. The number of methoxy groups -OCH3 is 1. The number of benzene rings is 1. The Kier molecular flexibility index (Phi) is 5.90. The van der Waals surface area contributed by atoms with Gasteiger partial charge >= 0.3 is 6.03 Å². The van der Waals surface area contributed by atoms with Gasteiger partial charge in [-0.05, 0) is 43.0 Å². The molecule has 0 spiro atoms. The van der Waals surface area contributed by atoms with Crippen molar-refractivity contribution in [3.8, 4) is 5.88 Å². The standard InChI is InChI=1S/C20H24N4O3/c1-13(15-6-8-17(9-7-15)24-19(25)16-4-5-16)23-20(26)22-12-14-3-10-18(27-2)21-11-14/h3,6-11,13,16H,4-5,12H2,1-2H3,(H,24,25)(H2,22,23,26). The summed E-state index contributed by atoms with van der Waals surface area (Å²) in [6, 6.07) is 10.7. The number of aromatic nitrogens is 1. The summed E-state index contributed by atoms with van der Waals surface area (Å²) in [6.07, 6.45) is 3.62. The fourth-order valence-corrected chi connectivity index (χ4v) is 2.59. The van der Waals surface area contributed by atoms with Crippen molar-refractivity contribution < 1.29 is 14.3 Å². The number of urea groups is 1. The minimum atomic E-state index is -0.260. The first kappa shape index (κ1) is 18.7. The fourth-order valence-electron chi connectivity index (χ4n) is 2.59. The van der Waals surface area contributed by atoms with Crippen molar-refractivity contribution in [2.24, 2.45) is 5.92 Å². The fraction of sp³-hybridized carbons (Fsp3) is 0.350. The minimum absolute atomic E-state index is 0.0846. The van der Waals surface area contributed by atoms with Crippen LogP contribution in [0.5, 0.6) is 5.88 Å². The van der Waals surface area contributed by atoms with Crippen LogP contribution < -0.4 is 20.7 Å². The first-order valence-electron chi connectivity index (χ1n) is 8.99. The molecule has 0 radical (unpaired) electrons. The van der Waals surface area contributed by atoms with Gasteiger partial charge in [-0.1, -0.05) is 18.2 Å². The van der Waals surface area contributed by atoms with Crippen LogP contribution in [0.25, 0.3) is 0 Å². The van der Waals surface area contributed by atoms with Crippen LogP contribution in [0.1, 0.15) is 36.9 Å². The average molecular weight is 368 g/mol. The molecule has 1 aliphatic rings. The first-order valence-corrected chi connectivity index (χ1v) is 8.99. The van der Waals surface area contributed by atoms with E-state index in [1.54, 1.807) is 19.4 Å². The molecular formula is C20H24N4O3. The first-order chi connectivity index (χ1) is 13.0. The van der Waals surface area contributed by atoms with Crippen molar-refractivity contribution in [2.75, 3.05) is 12.4 Å². The quantitative estimate of drug-likeness (QED) is 0.700. The number of nitrogens with zero attached hydrogens (tertiary/aromatic N) is 1. The molecule has 1 fully saturated rings. The number of rotatable bonds is 7. The Bertz CT molecular complexity index is 786. The molecule has 0 bridgehead atoms. The molecule has 0 saturated heterocycles. The topological polar surface area (TPSA) is 92.4 Å². The summed E-state index contributed by atoms with van der Waals surface area (Å²) >= 11 is 0. The van der Waals surface area contributed by atoms with Gasteiger partial charge in [0.25, 0.3) is 0 Å². The lowest BCUT2D eigenvalue weighted by Crippen LogP contribution is -2.36. The van der Waals surface area contributed by atoms with Crippen molar-refractivity contribution in [3.63, 3.8) is 0 Å². The number of hydrogen-bond donors (Lipinski definition) is 3. The summed E-state index contributed by atoms with van der Waals surface area (Å²) in [4.78, 5) is 28.0. The van der Waals surface area contributed by atoms with Gasteiger partial charge in [-0.25, -0.2) is 9.78 Å². The predicted octanol–water partition coefficient (Wildman–Crippen LogP) is 3.00. The van der Waals surface area contributed by atoms with Crippen LogP contribution >= 0.6 is 0 Å². The number of nitrogens with one attached hydrogen (secondary N) is 3. The lowest BCUT2D eigenvalue weighted by molar-refractivity contribution is -0.117. The number of hydrogen-bond acceptors (Lipinski definition) is 4. The van der Waals surface area contributed by atoms with Crippen LogP contribution in [0, 0.1) is 5.92 Å². The number of anilines is 1. The van der Waals surface area contributed by atoms with Gasteiger partial charge in [0, 0.05) is 30.4 Å². The van der Waals surface area contributed by atoms with Gasteiger partial charge in [0.2, 0.25) is 11.8 Å². The van der Waals surface area contributed by atoms with Gasteiger partial charge in [-0.15, -0.1) is 0 Å². The molecule has 3 amide bonds. The van der Waals surface area contributed by atoms with E-state index in [4.69, 9.17) is 4.74 Å². The molecule has 1 atom stereocenters. The van der Waals surface area contributed by atoms with E-state index in [2.05, 4.69) is 20.9 Å². The lowest BCUT2D eigenvalue weighted by atomic mass is 10.1. The zero-order valence-electron chi connectivity index (χ0n) is 15.5. The van der Waals surface area contributed by atoms with E-state index in [0.29, 0.717) is 12.4 Å². The average Bonchev–Trinajstić information content (AvgIpc) is 3.52. The molecule has 27 heavy (non-hydrogen) atoms. The molecule has 7 heteroatoms. The molecule has 142 valence electrons. The summed E-state index contributed by atoms with van der Waals surface area (Å²) in [5.41, 5.74) is 2.62. The smallest absolute Gasteiger partial charge is 0.315 e. The molecule has 1 aromatic heterocycles. The summed E-state index contributed by atoms with van der Waals surface area (Å²) < 4.78 is 5.01. The zero-order chi connectivity index (χ0) is 19.2. The maximum atomic E-state index is 12.1. The van der Waals surface area contributed by atoms with E-state index in [-0.39, 0.29) is 23.9 Å². The lowest BCUT2D eigenvalue weighted by Gasteiger charge is -2.16. The molecule has 3 rings (SSSR count). The second kappa shape index (κ2) is 8.53. The highest BCUT2D eigenvalue weighted by Gasteiger charge is 2.29. The highest BCUT2D eigenvalue weighted by molar-refractivity contribution is 5.94. The second-order valence-corrected chi connectivity index (χ2v) is 6.64. The maximum Gasteiger partial charge on any atom is 0.315 e. The van der Waals surface area contributed by atoms with Gasteiger partial charge in [0.05, 0.1) is 13.2 Å². The third-order valence-corrected chi connectivity index (χ3v) is 4.43. The Morgan fingerprint density at radius 1 is 1.19 bits per heavy atom. The Hall–Kier alpha value is -3.09. The molecular weight excluding hydrogens is 344 g/mol. The highest BCUT2D eigenvalue weighted by atomic mass is 16.5. The third kappa shape index (κ3) is 5.44. The van der Waals surface area contributed by atoms with E-state index >= 15 is 0 Å². The molecule has 1 unspecified atom stereocenters. The van der Waals surface area contributed by atoms with Crippen molar-refractivity contribution in [2.45, 2.75) is 32.4 Å². The van der Waals surface area contributed by atoms with Gasteiger partial charge in [-0.3, -0.25) is 4.79 Å². The molecule has 1 aliphatic carbocycles. The Labute approximate surface area is 158 Å². The Balaban J connectivity index is 1.46. The van der Waals surface area contributed by atoms with E-state index in [1.807, 2.05) is 37.3 Å². The second-order valence-electron chi connectivity index (χ2n) is 6.64. The van der Waals surface area contributed by atoms with Crippen molar-refractivity contribution in [3.05, 3.63) is 53.7 Å². The summed E-state index contributed by atoms with van der Waals surface area (Å²) in [5, 5.41) is 8.60. The highest BCUT2D eigenvalue weighted by Crippen LogP contribution is 2.30. The van der Waals surface area contributed by atoms with E-state index in [9.17, 15) is 9.59 Å². The molecule has 2 aromatic rings. The molecule has 7 nitrogen and oxygen atoms in total. The van der Waals surface area contributed by atoms with Gasteiger partial charge < -0.3 is 20.7 Å². The molecule has 1 heterocycles. The largest absolute Gasteiger partial charge is 0.481 e. The number of ether oxygens (including phenoxy) is 1. The van der Waals surface area contributed by atoms with Crippen molar-refractivity contribution in [1.29, 1.82) is 0 Å². The van der Waals surface area contributed by atoms with Crippen LogP contribution in [-0.4, -0.2) is 24.0 Å². The normalized spacial score (nSPS) is 14.1. The van der Waals surface area contributed by atoms with Crippen LogP contribution in [0.15, 0.2) is 42.6 Å². The third-order valence-electron chi connectivity index (χ3n) is 4.43. The van der Waals surface area contributed by atoms with Crippen molar-refractivity contribution in [1.82, 2.24) is 15.6 Å². The number of amides is 3. The Morgan fingerprint density at radius 2 is 1.93 bits per heavy atom. The van der Waals surface area contributed by atoms with E-state index in [1.165, 1.54) is 0 Å². The van der Waals surface area contributed by atoms with Crippen LogP contribution in [-0.2, 0) is 11.3 Å². The summed E-state index contributed by atoms with van der Waals surface area (Å²) in [6.45, 7) is 2.29. The summed E-state index contributed by atoms with van der Waals surface area (Å²) in [7, 11) is 1.56. The van der Waals surface area contributed by atoms with Gasteiger partial charge in [0.1, 0.15) is 0 Å². The zero-order valence-corrected chi connectivity index (χ0v) is 15.5. The molecule has 1 saturated carbocycles. The monoisotopic (exact) mass is 368 g/mol. The van der Waals surface area contributed by atoms with Crippen LogP contribution in [0.4, 0.5) is 10.5 Å². The number of carbonyl (C=O) groups excluding carboxylic acids is 2. The van der Waals surface area contributed by atoms with E-state index in [0.717, 1.165) is 29.7 Å². The van der Waals surface area contributed by atoms with Gasteiger partial charge in [-0.2, -0.15) is 0 Å². The molecule has 1 aromatic carbocycles. The van der Waals surface area contributed by atoms with E-state index < -0.39 is 0 Å². The SMILES string of the molecule is COc1ccc(CNC(=O)NC(C)c2ccc(NC(=O)C3CC3)cc2)cn1. The predicted molar refractivity (Wildman–Crippen MR) is 102 cm³/mol. The Morgan fingerprint density at radius 3 is 2.52 bits per heavy atom. The number of carbonyl (C=O) groups is 2.